The Hall–Kier alpha value is -1.61. The number of carbonyl (C=O) groups excluding carboxylic acids is 1. The standard InChI is InChI=1S/C15H18F3N5O.ClH/c16-15(17,18)10-5-20-12(21-6-10)23-3-1-22(2-4-23)11(24)13-7-14(19,8-13)9-13;/h5-6H,1-4,7-9,19H2;1H. The van der Waals surface area contributed by atoms with E-state index < -0.39 is 11.7 Å². The minimum atomic E-state index is -4.44. The zero-order chi connectivity index (χ0) is 17.2. The molecule has 1 aromatic heterocycles. The number of rotatable bonds is 2. The topological polar surface area (TPSA) is 75.4 Å². The van der Waals surface area contributed by atoms with E-state index in [-0.39, 0.29) is 35.2 Å². The molecule has 1 saturated heterocycles. The van der Waals surface area contributed by atoms with Crippen molar-refractivity contribution in [2.75, 3.05) is 31.1 Å². The van der Waals surface area contributed by atoms with Crippen molar-refractivity contribution in [3.05, 3.63) is 18.0 Å². The number of hydrogen-bond acceptors (Lipinski definition) is 5. The Bertz CT molecular complexity index is 653. The maximum Gasteiger partial charge on any atom is 0.419 e. The van der Waals surface area contributed by atoms with Gasteiger partial charge in [0.25, 0.3) is 0 Å². The van der Waals surface area contributed by atoms with E-state index in [1.807, 2.05) is 4.90 Å². The van der Waals surface area contributed by atoms with Gasteiger partial charge in [-0.3, -0.25) is 4.79 Å². The van der Waals surface area contributed by atoms with Crippen LogP contribution in [0.5, 0.6) is 0 Å². The molecule has 1 aromatic rings. The summed E-state index contributed by atoms with van der Waals surface area (Å²) in [6, 6.07) is 0. The normalized spacial score (nSPS) is 30.9. The third-order valence-corrected chi connectivity index (χ3v) is 5.34. The molecule has 0 atom stereocenters. The van der Waals surface area contributed by atoms with E-state index in [0.29, 0.717) is 26.2 Å². The fraction of sp³-hybridized carbons (Fsp3) is 0.667. The van der Waals surface area contributed by atoms with E-state index in [1.54, 1.807) is 4.90 Å². The van der Waals surface area contributed by atoms with Gasteiger partial charge < -0.3 is 15.5 Å². The van der Waals surface area contributed by atoms with Crippen LogP contribution < -0.4 is 10.6 Å². The van der Waals surface area contributed by atoms with Crippen molar-refractivity contribution in [1.29, 1.82) is 0 Å². The number of aromatic nitrogens is 2. The number of piperazine rings is 1. The summed E-state index contributed by atoms with van der Waals surface area (Å²) in [7, 11) is 0. The molecular weight excluding hydrogens is 359 g/mol. The molecule has 5 rings (SSSR count). The van der Waals surface area contributed by atoms with Crippen molar-refractivity contribution in [2.24, 2.45) is 11.1 Å². The van der Waals surface area contributed by atoms with Crippen LogP contribution in [0.25, 0.3) is 0 Å². The molecule has 4 aliphatic rings. The quantitative estimate of drug-likeness (QED) is 0.844. The van der Waals surface area contributed by atoms with Gasteiger partial charge >= 0.3 is 6.18 Å². The summed E-state index contributed by atoms with van der Waals surface area (Å²) in [5.74, 6) is 0.435. The summed E-state index contributed by atoms with van der Waals surface area (Å²) in [6.45, 7) is 2.09. The molecule has 3 saturated carbocycles. The van der Waals surface area contributed by atoms with Gasteiger partial charge in [0.15, 0.2) is 0 Å². The molecule has 2 heterocycles. The molecule has 0 spiro atoms. The van der Waals surface area contributed by atoms with Crippen molar-refractivity contribution in [2.45, 2.75) is 31.0 Å². The van der Waals surface area contributed by atoms with Crippen molar-refractivity contribution in [1.82, 2.24) is 14.9 Å². The Labute approximate surface area is 149 Å². The lowest BCUT2D eigenvalue weighted by atomic mass is 9.39. The molecule has 3 aliphatic carbocycles. The zero-order valence-corrected chi connectivity index (χ0v) is 14.2. The first kappa shape index (κ1) is 18.2. The second-order valence-electron chi connectivity index (χ2n) is 7.22. The molecule has 4 fully saturated rings. The fourth-order valence-electron chi connectivity index (χ4n) is 4.17. The third kappa shape index (κ3) is 2.93. The van der Waals surface area contributed by atoms with Gasteiger partial charge in [0.05, 0.1) is 11.0 Å². The highest BCUT2D eigenvalue weighted by atomic mass is 35.5. The number of amides is 1. The molecule has 1 amide bonds. The summed E-state index contributed by atoms with van der Waals surface area (Å²) in [5, 5.41) is 0. The van der Waals surface area contributed by atoms with Crippen LogP contribution in [0.15, 0.2) is 12.4 Å². The second-order valence-corrected chi connectivity index (χ2v) is 7.22. The molecule has 2 N–H and O–H groups in total. The molecule has 0 aromatic carbocycles. The zero-order valence-electron chi connectivity index (χ0n) is 13.4. The molecule has 25 heavy (non-hydrogen) atoms. The first-order valence-electron chi connectivity index (χ1n) is 7.93. The van der Waals surface area contributed by atoms with Crippen LogP contribution in [-0.2, 0) is 11.0 Å². The van der Waals surface area contributed by atoms with Gasteiger partial charge in [-0.25, -0.2) is 9.97 Å². The number of nitrogens with two attached hydrogens (primary N) is 1. The van der Waals surface area contributed by atoms with Gasteiger partial charge in [0.1, 0.15) is 0 Å². The SMILES string of the molecule is Cl.NC12CC(C(=O)N3CCN(c4ncc(C(F)(F)F)cn4)CC3)(C1)C2. The molecule has 138 valence electrons. The van der Waals surface area contributed by atoms with Crippen molar-refractivity contribution in [3.8, 4) is 0 Å². The molecule has 1 aliphatic heterocycles. The Kier molecular flexibility index (Phi) is 4.15. The number of nitrogens with zero attached hydrogens (tertiary/aromatic N) is 4. The second kappa shape index (κ2) is 5.70. The molecule has 6 nitrogen and oxygen atoms in total. The van der Waals surface area contributed by atoms with Crippen LogP contribution in [0.4, 0.5) is 19.1 Å². The maximum absolute atomic E-state index is 12.6. The number of anilines is 1. The minimum Gasteiger partial charge on any atom is -0.339 e. The summed E-state index contributed by atoms with van der Waals surface area (Å²) >= 11 is 0. The highest BCUT2D eigenvalue weighted by Crippen LogP contribution is 2.66. The summed E-state index contributed by atoms with van der Waals surface area (Å²) < 4.78 is 37.6. The van der Waals surface area contributed by atoms with Crippen LogP contribution >= 0.6 is 12.4 Å². The Morgan fingerprint density at radius 1 is 1.08 bits per heavy atom. The lowest BCUT2D eigenvalue weighted by molar-refractivity contribution is -0.184. The minimum absolute atomic E-state index is 0. The number of halogens is 4. The van der Waals surface area contributed by atoms with Crippen LogP contribution in [0.2, 0.25) is 0 Å². The van der Waals surface area contributed by atoms with E-state index >= 15 is 0 Å². The largest absolute Gasteiger partial charge is 0.419 e. The van der Waals surface area contributed by atoms with E-state index in [1.165, 1.54) is 0 Å². The predicted molar refractivity (Wildman–Crippen MR) is 86.3 cm³/mol. The van der Waals surface area contributed by atoms with E-state index in [9.17, 15) is 18.0 Å². The van der Waals surface area contributed by atoms with Crippen LogP contribution in [0.3, 0.4) is 0 Å². The van der Waals surface area contributed by atoms with Gasteiger partial charge in [-0.05, 0) is 19.3 Å². The van der Waals surface area contributed by atoms with E-state index in [2.05, 4.69) is 9.97 Å². The van der Waals surface area contributed by atoms with Gasteiger partial charge in [-0.15, -0.1) is 12.4 Å². The monoisotopic (exact) mass is 377 g/mol. The number of alkyl halides is 3. The van der Waals surface area contributed by atoms with Gasteiger partial charge in [0, 0.05) is 44.1 Å². The van der Waals surface area contributed by atoms with E-state index in [0.717, 1.165) is 31.7 Å². The molecule has 0 radical (unpaired) electrons. The van der Waals surface area contributed by atoms with Crippen LogP contribution in [-0.4, -0.2) is 52.5 Å². The van der Waals surface area contributed by atoms with Crippen molar-refractivity contribution >= 4 is 24.3 Å². The molecular formula is C15H19ClF3N5O. The van der Waals surface area contributed by atoms with Gasteiger partial charge in [0.2, 0.25) is 11.9 Å². The average Bonchev–Trinajstić information content (AvgIpc) is 2.50. The highest BCUT2D eigenvalue weighted by molar-refractivity contribution is 5.87. The summed E-state index contributed by atoms with van der Waals surface area (Å²) in [5.41, 5.74) is 4.80. The summed E-state index contributed by atoms with van der Waals surface area (Å²) in [4.78, 5) is 23.8. The van der Waals surface area contributed by atoms with Crippen molar-refractivity contribution in [3.63, 3.8) is 0 Å². The fourth-order valence-corrected chi connectivity index (χ4v) is 4.17. The lowest BCUT2D eigenvalue weighted by Crippen LogP contribution is -2.77. The first-order chi connectivity index (χ1) is 11.2. The van der Waals surface area contributed by atoms with Gasteiger partial charge in [-0.2, -0.15) is 13.2 Å². The smallest absolute Gasteiger partial charge is 0.339 e. The summed E-state index contributed by atoms with van der Waals surface area (Å²) in [6.07, 6.45) is -0.513. The average molecular weight is 378 g/mol. The van der Waals surface area contributed by atoms with Crippen molar-refractivity contribution < 1.29 is 18.0 Å². The Morgan fingerprint density at radius 2 is 1.60 bits per heavy atom. The Balaban J connectivity index is 0.00000182. The predicted octanol–water partition coefficient (Wildman–Crippen LogP) is 1.45. The number of carbonyl (C=O) groups is 1. The number of hydrogen-bond donors (Lipinski definition) is 1. The highest BCUT2D eigenvalue weighted by Gasteiger charge is 2.70. The Morgan fingerprint density at radius 3 is 2.04 bits per heavy atom. The molecule has 2 bridgehead atoms. The molecule has 0 unspecified atom stereocenters. The van der Waals surface area contributed by atoms with Crippen LogP contribution in [0.1, 0.15) is 24.8 Å². The maximum atomic E-state index is 12.6. The van der Waals surface area contributed by atoms with Crippen LogP contribution in [0, 0.1) is 5.41 Å². The third-order valence-electron chi connectivity index (χ3n) is 5.34. The van der Waals surface area contributed by atoms with Gasteiger partial charge in [-0.1, -0.05) is 0 Å². The lowest BCUT2D eigenvalue weighted by Gasteiger charge is -2.68. The molecule has 10 heteroatoms. The van der Waals surface area contributed by atoms with E-state index in [4.69, 9.17) is 5.73 Å². The first-order valence-corrected chi connectivity index (χ1v) is 7.93.